The zero-order valence-electron chi connectivity index (χ0n) is 6.05. The number of thiocarbonyl (C=S) groups is 1. The third-order valence-electron chi connectivity index (χ3n) is 1.57. The highest BCUT2D eigenvalue weighted by atomic mass is 32.1. The van der Waals surface area contributed by atoms with Gasteiger partial charge in [-0.15, -0.1) is 0 Å². The fraction of sp³-hybridized carbons (Fsp3) is 0.833. The van der Waals surface area contributed by atoms with Crippen LogP contribution in [0.4, 0.5) is 0 Å². The molecule has 1 nitrogen and oxygen atoms in total. The van der Waals surface area contributed by atoms with Gasteiger partial charge >= 0.3 is 0 Å². The summed E-state index contributed by atoms with van der Waals surface area (Å²) in [6.07, 6.45) is 0.997. The van der Waals surface area contributed by atoms with Crippen molar-refractivity contribution in [2.75, 3.05) is 6.17 Å². The maximum absolute atomic E-state index is 4.47. The van der Waals surface area contributed by atoms with Crippen molar-refractivity contribution in [2.24, 2.45) is 4.99 Å². The molecule has 0 spiro atoms. The third-order valence-corrected chi connectivity index (χ3v) is 4.71. The quantitative estimate of drug-likeness (QED) is 0.347. The van der Waals surface area contributed by atoms with E-state index in [0.717, 1.165) is 6.17 Å². The van der Waals surface area contributed by atoms with Crippen molar-refractivity contribution < 1.29 is 0 Å². The lowest BCUT2D eigenvalue weighted by atomic mass is 10.9. The predicted octanol–water partition coefficient (Wildman–Crippen LogP) is 1.90. The Labute approximate surface area is 63.8 Å². The van der Waals surface area contributed by atoms with E-state index in [1.165, 1.54) is 12.1 Å². The van der Waals surface area contributed by atoms with Crippen LogP contribution in [-0.4, -0.2) is 20.1 Å². The molecule has 0 saturated carbocycles. The van der Waals surface area contributed by atoms with Crippen LogP contribution in [0.3, 0.4) is 0 Å². The molecular formula is C6H13NSSi. The van der Waals surface area contributed by atoms with Gasteiger partial charge in [0.1, 0.15) is 0 Å². The number of rotatable bonds is 4. The Kier molecular flexibility index (Phi) is 6.15. The Balaban J connectivity index is 3.42. The van der Waals surface area contributed by atoms with Crippen LogP contribution in [0.2, 0.25) is 12.1 Å². The molecule has 0 amide bonds. The summed E-state index contributed by atoms with van der Waals surface area (Å²) in [7, 11) is -0.506. The summed E-state index contributed by atoms with van der Waals surface area (Å²) < 4.78 is 0. The lowest BCUT2D eigenvalue weighted by molar-refractivity contribution is 1.22. The maximum atomic E-state index is 4.47. The second-order valence-electron chi connectivity index (χ2n) is 2.11. The molecule has 52 valence electrons. The normalized spacial score (nSPS) is 9.22. The zero-order chi connectivity index (χ0) is 7.11. The van der Waals surface area contributed by atoms with Gasteiger partial charge in [-0.2, -0.15) is 0 Å². The molecule has 0 aliphatic heterocycles. The van der Waals surface area contributed by atoms with Gasteiger partial charge in [-0.25, -0.2) is 4.99 Å². The summed E-state index contributed by atoms with van der Waals surface area (Å²) in [5.41, 5.74) is 0. The Hall–Kier alpha value is 0.0169. The molecule has 0 radical (unpaired) electrons. The van der Waals surface area contributed by atoms with E-state index in [1.54, 1.807) is 0 Å². The average molecular weight is 159 g/mol. The molecule has 3 heteroatoms. The minimum Gasteiger partial charge on any atom is -0.236 e. The topological polar surface area (TPSA) is 12.4 Å². The Morgan fingerprint density at radius 3 is 2.33 bits per heavy atom. The molecule has 0 saturated heterocycles. The number of hydrogen-bond acceptors (Lipinski definition) is 2. The van der Waals surface area contributed by atoms with Crippen LogP contribution in [0.15, 0.2) is 4.99 Å². The minimum atomic E-state index is -0.506. The molecule has 0 aliphatic rings. The monoisotopic (exact) mass is 159 g/mol. The lowest BCUT2D eigenvalue weighted by Crippen LogP contribution is -2.13. The molecule has 0 bridgehead atoms. The van der Waals surface area contributed by atoms with Gasteiger partial charge in [0.25, 0.3) is 0 Å². The van der Waals surface area contributed by atoms with E-state index in [-0.39, 0.29) is 0 Å². The van der Waals surface area contributed by atoms with Gasteiger partial charge in [0.15, 0.2) is 0 Å². The Morgan fingerprint density at radius 1 is 1.44 bits per heavy atom. The highest BCUT2D eigenvalue weighted by Gasteiger charge is 2.01. The standard InChI is InChI=1S/C6H13NSSi/c1-3-9(4-2)6-7-5-8/h9H,3-4,6H2,1-2H3. The summed E-state index contributed by atoms with van der Waals surface area (Å²) in [5, 5.41) is 2.41. The van der Waals surface area contributed by atoms with Crippen LogP contribution in [0.5, 0.6) is 0 Å². The summed E-state index contributed by atoms with van der Waals surface area (Å²) in [4.78, 5) is 3.94. The molecule has 0 unspecified atom stereocenters. The second kappa shape index (κ2) is 6.14. The molecule has 0 N–H and O–H groups in total. The van der Waals surface area contributed by atoms with Crippen LogP contribution in [0, 0.1) is 0 Å². The molecule has 0 heterocycles. The van der Waals surface area contributed by atoms with Crippen molar-refractivity contribution in [1.82, 2.24) is 0 Å². The molecule has 0 aliphatic carbocycles. The van der Waals surface area contributed by atoms with E-state index in [9.17, 15) is 0 Å². The Morgan fingerprint density at radius 2 is 2.00 bits per heavy atom. The highest BCUT2D eigenvalue weighted by Crippen LogP contribution is 1.96. The van der Waals surface area contributed by atoms with E-state index in [1.807, 2.05) is 0 Å². The first-order chi connectivity index (χ1) is 4.35. The highest BCUT2D eigenvalue weighted by molar-refractivity contribution is 7.78. The fourth-order valence-corrected chi connectivity index (χ4v) is 2.36. The van der Waals surface area contributed by atoms with Gasteiger partial charge in [0.2, 0.25) is 0 Å². The number of hydrogen-bond donors (Lipinski definition) is 0. The molecule has 0 rings (SSSR count). The molecule has 0 fully saturated rings. The minimum absolute atomic E-state index is 0.506. The van der Waals surface area contributed by atoms with Gasteiger partial charge in [-0.1, -0.05) is 25.9 Å². The van der Waals surface area contributed by atoms with Crippen molar-refractivity contribution >= 4 is 26.2 Å². The van der Waals surface area contributed by atoms with Crippen LogP contribution in [-0.2, 0) is 0 Å². The van der Waals surface area contributed by atoms with Crippen LogP contribution >= 0.6 is 12.2 Å². The van der Waals surface area contributed by atoms with Crippen molar-refractivity contribution in [3.8, 4) is 0 Å². The van der Waals surface area contributed by atoms with Crippen LogP contribution in [0.1, 0.15) is 13.8 Å². The first-order valence-corrected chi connectivity index (χ1v) is 6.24. The second-order valence-corrected chi connectivity index (χ2v) is 6.03. The number of nitrogens with zero attached hydrogens (tertiary/aromatic N) is 1. The first-order valence-electron chi connectivity index (χ1n) is 3.38. The Bertz CT molecular complexity index is 106. The van der Waals surface area contributed by atoms with Crippen molar-refractivity contribution in [1.29, 1.82) is 0 Å². The fourth-order valence-electron chi connectivity index (χ4n) is 0.713. The van der Waals surface area contributed by atoms with Gasteiger partial charge in [-0.05, 0) is 12.2 Å². The van der Waals surface area contributed by atoms with E-state index in [0.29, 0.717) is 0 Å². The van der Waals surface area contributed by atoms with E-state index >= 15 is 0 Å². The van der Waals surface area contributed by atoms with Crippen LogP contribution < -0.4 is 0 Å². The number of aliphatic imine (C=N–C) groups is 1. The van der Waals surface area contributed by atoms with Crippen molar-refractivity contribution in [3.63, 3.8) is 0 Å². The lowest BCUT2D eigenvalue weighted by Gasteiger charge is -2.02. The average Bonchev–Trinajstić information content (AvgIpc) is 1.91. The van der Waals surface area contributed by atoms with Crippen molar-refractivity contribution in [2.45, 2.75) is 25.9 Å². The molecule has 9 heavy (non-hydrogen) atoms. The maximum Gasteiger partial charge on any atom is 0.0629 e. The van der Waals surface area contributed by atoms with E-state index in [4.69, 9.17) is 0 Å². The summed E-state index contributed by atoms with van der Waals surface area (Å²) in [6.45, 7) is 4.47. The SMILES string of the molecule is CC[SiH](CC)CN=C=S. The summed E-state index contributed by atoms with van der Waals surface area (Å²) >= 11 is 4.47. The van der Waals surface area contributed by atoms with Gasteiger partial charge in [0.05, 0.1) is 14.0 Å². The van der Waals surface area contributed by atoms with E-state index < -0.39 is 8.80 Å². The molecule has 0 aromatic carbocycles. The third kappa shape index (κ3) is 4.52. The largest absolute Gasteiger partial charge is 0.236 e. The molecular weight excluding hydrogens is 146 g/mol. The first kappa shape index (κ1) is 9.02. The summed E-state index contributed by atoms with van der Waals surface area (Å²) in [5.74, 6) is 0. The summed E-state index contributed by atoms with van der Waals surface area (Å²) in [6, 6.07) is 2.66. The predicted molar refractivity (Wildman–Crippen MR) is 48.0 cm³/mol. The zero-order valence-corrected chi connectivity index (χ0v) is 8.03. The van der Waals surface area contributed by atoms with Gasteiger partial charge in [-0.3, -0.25) is 0 Å². The van der Waals surface area contributed by atoms with Gasteiger partial charge < -0.3 is 0 Å². The number of isothiocyanates is 1. The molecule has 0 atom stereocenters. The van der Waals surface area contributed by atoms with E-state index in [2.05, 4.69) is 36.2 Å². The van der Waals surface area contributed by atoms with Crippen molar-refractivity contribution in [3.05, 3.63) is 0 Å². The van der Waals surface area contributed by atoms with Gasteiger partial charge in [0, 0.05) is 6.17 Å². The molecule has 0 aromatic heterocycles. The molecule has 0 aromatic rings. The van der Waals surface area contributed by atoms with Crippen LogP contribution in [0.25, 0.3) is 0 Å². The smallest absolute Gasteiger partial charge is 0.0629 e.